The van der Waals surface area contributed by atoms with Gasteiger partial charge in [0.15, 0.2) is 0 Å². The van der Waals surface area contributed by atoms with E-state index in [1.54, 1.807) is 26.0 Å². The van der Waals surface area contributed by atoms with Gasteiger partial charge in [0.1, 0.15) is 12.0 Å². The van der Waals surface area contributed by atoms with Crippen LogP contribution >= 0.6 is 31.0 Å². The summed E-state index contributed by atoms with van der Waals surface area (Å²) in [5.74, 6) is -0.120. The molecule has 4 rings (SSSR count). The second-order valence-corrected chi connectivity index (χ2v) is 12.1. The molecule has 214 valence electrons. The number of carbonyl (C=O) groups excluding carboxylic acids is 1. The van der Waals surface area contributed by atoms with E-state index in [4.69, 9.17) is 32.5 Å². The first kappa shape index (κ1) is 30.1. The summed E-state index contributed by atoms with van der Waals surface area (Å²) in [5, 5.41) is 1.17. The highest BCUT2D eigenvalue weighted by Gasteiger charge is 2.34. The molecule has 2 aliphatic rings. The topological polar surface area (TPSA) is 108 Å². The van der Waals surface area contributed by atoms with Crippen LogP contribution in [0.5, 0.6) is 5.75 Å². The fourth-order valence-corrected chi connectivity index (χ4v) is 6.04. The van der Waals surface area contributed by atoms with Crippen molar-refractivity contribution in [3.05, 3.63) is 52.0 Å². The van der Waals surface area contributed by atoms with E-state index in [-0.39, 0.29) is 12.3 Å². The number of phosphoric ester groups is 1. The third-order valence-electron chi connectivity index (χ3n) is 7.04. The predicted molar refractivity (Wildman–Crippen MR) is 149 cm³/mol. The molecule has 1 amide bonds. The smallest absolute Gasteiger partial charge is 0.229 e. The molecule has 39 heavy (non-hydrogen) atoms. The summed E-state index contributed by atoms with van der Waals surface area (Å²) < 4.78 is 22.2. The molecule has 0 aromatic heterocycles. The largest absolute Gasteiger partial charge is 0.790 e. The van der Waals surface area contributed by atoms with Crippen molar-refractivity contribution in [2.75, 3.05) is 49.1 Å². The van der Waals surface area contributed by atoms with E-state index in [0.717, 1.165) is 56.8 Å². The van der Waals surface area contributed by atoms with Gasteiger partial charge in [-0.15, -0.1) is 0 Å². The standard InChI is InChI=1S/C27H36Cl2N3O6P/c1-19(2)27(38-39(34,35)36)32-24-18-21(10-8-20(24)9-11-25(32)33)37-17-4-3-12-30-13-15-31(16-14-30)23-7-5-6-22(28)26(23)29/h5-8,10,18-19,27H,3-4,9,11-17H2,1-2H3,(H2,34,35,36)/p-2. The number of aryl methyl sites for hydroxylation is 1. The first-order valence-corrected chi connectivity index (χ1v) is 15.4. The molecule has 12 heteroatoms. The summed E-state index contributed by atoms with van der Waals surface area (Å²) >= 11 is 12.5. The van der Waals surface area contributed by atoms with Gasteiger partial charge in [0, 0.05) is 38.7 Å². The lowest BCUT2D eigenvalue weighted by atomic mass is 9.99. The maximum Gasteiger partial charge on any atom is 0.229 e. The number of anilines is 2. The summed E-state index contributed by atoms with van der Waals surface area (Å²) in [6, 6.07) is 11.2. The first-order chi connectivity index (χ1) is 18.5. The van der Waals surface area contributed by atoms with Crippen LogP contribution in [0.4, 0.5) is 11.4 Å². The normalized spacial score (nSPS) is 17.5. The Bertz CT molecular complexity index is 1200. The van der Waals surface area contributed by atoms with Gasteiger partial charge in [-0.1, -0.05) is 49.2 Å². The van der Waals surface area contributed by atoms with Crippen molar-refractivity contribution in [1.29, 1.82) is 0 Å². The maximum atomic E-state index is 12.8. The number of unbranched alkanes of at least 4 members (excludes halogenated alkanes) is 1. The minimum atomic E-state index is -5.30. The van der Waals surface area contributed by atoms with Gasteiger partial charge >= 0.3 is 0 Å². The summed E-state index contributed by atoms with van der Waals surface area (Å²) in [6.07, 6.45) is 1.36. The number of phosphoric acid groups is 1. The lowest BCUT2D eigenvalue weighted by Gasteiger charge is -2.42. The number of benzene rings is 2. The third-order valence-corrected chi connectivity index (χ3v) is 8.32. The Balaban J connectivity index is 1.27. The Morgan fingerprint density at radius 2 is 1.74 bits per heavy atom. The van der Waals surface area contributed by atoms with Crippen molar-refractivity contribution in [3.8, 4) is 5.75 Å². The number of halogens is 2. The summed E-state index contributed by atoms with van der Waals surface area (Å²) in [7, 11) is -5.30. The number of piperazine rings is 1. The molecular formula is C27H34Cl2N3O6P-2. The highest BCUT2D eigenvalue weighted by atomic mass is 35.5. The monoisotopic (exact) mass is 597 g/mol. The van der Waals surface area contributed by atoms with Crippen LogP contribution in [-0.4, -0.2) is 56.4 Å². The number of hydrogen-bond donors (Lipinski definition) is 0. The van der Waals surface area contributed by atoms with Gasteiger partial charge in [-0.2, -0.15) is 0 Å². The fraction of sp³-hybridized carbons (Fsp3) is 0.519. The highest BCUT2D eigenvalue weighted by Crippen LogP contribution is 2.39. The highest BCUT2D eigenvalue weighted by molar-refractivity contribution is 7.43. The van der Waals surface area contributed by atoms with Crippen LogP contribution in [0.15, 0.2) is 36.4 Å². The minimum Gasteiger partial charge on any atom is -0.790 e. The van der Waals surface area contributed by atoms with Crippen molar-refractivity contribution < 1.29 is 28.4 Å². The minimum absolute atomic E-state index is 0.211. The number of amides is 1. The number of carbonyl (C=O) groups is 1. The van der Waals surface area contributed by atoms with Crippen LogP contribution in [0.2, 0.25) is 10.0 Å². The van der Waals surface area contributed by atoms with E-state index in [0.29, 0.717) is 34.5 Å². The fourth-order valence-electron chi connectivity index (χ4n) is 5.02. The van der Waals surface area contributed by atoms with Crippen LogP contribution < -0.4 is 24.3 Å². The quantitative estimate of drug-likeness (QED) is 0.281. The van der Waals surface area contributed by atoms with Crippen LogP contribution in [0.1, 0.15) is 38.7 Å². The molecule has 1 saturated heterocycles. The van der Waals surface area contributed by atoms with Crippen molar-refractivity contribution >= 4 is 48.3 Å². The molecule has 0 N–H and O–H groups in total. The number of ether oxygens (including phenoxy) is 1. The molecule has 9 nitrogen and oxygen atoms in total. The summed E-state index contributed by atoms with van der Waals surface area (Å²) in [6.45, 7) is 8.53. The van der Waals surface area contributed by atoms with Gasteiger partial charge < -0.3 is 28.5 Å². The van der Waals surface area contributed by atoms with E-state index in [2.05, 4.69) is 9.80 Å². The molecule has 1 atom stereocenters. The molecular weight excluding hydrogens is 564 g/mol. The maximum absolute atomic E-state index is 12.8. The molecule has 0 saturated carbocycles. The SMILES string of the molecule is CC(C)C(OP(=O)([O-])[O-])N1C(=O)CCc2ccc(OCCCCN3CCN(c4cccc(Cl)c4Cl)CC3)cc21. The van der Waals surface area contributed by atoms with Crippen molar-refractivity contribution in [2.45, 2.75) is 45.8 Å². The lowest BCUT2D eigenvalue weighted by Crippen LogP contribution is -2.48. The summed E-state index contributed by atoms with van der Waals surface area (Å²) in [4.78, 5) is 41.5. The second kappa shape index (κ2) is 13.2. The molecule has 1 fully saturated rings. The van der Waals surface area contributed by atoms with E-state index in [1.165, 1.54) is 4.90 Å². The van der Waals surface area contributed by atoms with Crippen LogP contribution in [-0.2, 0) is 20.3 Å². The molecule has 0 spiro atoms. The van der Waals surface area contributed by atoms with Gasteiger partial charge in [-0.05, 0) is 55.5 Å². The van der Waals surface area contributed by atoms with Crippen LogP contribution in [0.3, 0.4) is 0 Å². The zero-order valence-corrected chi connectivity index (χ0v) is 24.6. The Labute approximate surface area is 239 Å². The molecule has 0 aliphatic carbocycles. The molecule has 2 aromatic rings. The molecule has 0 bridgehead atoms. The van der Waals surface area contributed by atoms with Crippen LogP contribution in [0, 0.1) is 5.92 Å². The Kier molecular flexibility index (Phi) is 10.2. The van der Waals surface area contributed by atoms with E-state index in [1.807, 2.05) is 24.3 Å². The average Bonchev–Trinajstić information content (AvgIpc) is 2.89. The van der Waals surface area contributed by atoms with Crippen molar-refractivity contribution in [1.82, 2.24) is 4.90 Å². The van der Waals surface area contributed by atoms with Gasteiger partial charge in [-0.25, -0.2) is 0 Å². The second-order valence-electron chi connectivity index (χ2n) is 10.2. The van der Waals surface area contributed by atoms with E-state index >= 15 is 0 Å². The first-order valence-electron chi connectivity index (χ1n) is 13.2. The molecule has 0 radical (unpaired) electrons. The zero-order chi connectivity index (χ0) is 28.2. The predicted octanol–water partition coefficient (Wildman–Crippen LogP) is 4.08. The third kappa shape index (κ3) is 7.88. The Morgan fingerprint density at radius 1 is 1.00 bits per heavy atom. The van der Waals surface area contributed by atoms with Crippen molar-refractivity contribution in [3.63, 3.8) is 0 Å². The molecule has 2 aromatic carbocycles. The van der Waals surface area contributed by atoms with Gasteiger partial charge in [0.2, 0.25) is 5.91 Å². The van der Waals surface area contributed by atoms with Crippen LogP contribution in [0.25, 0.3) is 0 Å². The lowest BCUT2D eigenvalue weighted by molar-refractivity contribution is -0.345. The van der Waals surface area contributed by atoms with E-state index < -0.39 is 20.0 Å². The number of fused-ring (bicyclic) bond motifs is 1. The Hall–Kier alpha value is -1.84. The average molecular weight is 598 g/mol. The number of rotatable bonds is 11. The van der Waals surface area contributed by atoms with E-state index in [9.17, 15) is 19.1 Å². The molecule has 2 heterocycles. The van der Waals surface area contributed by atoms with Gasteiger partial charge in [0.05, 0.1) is 35.8 Å². The molecule has 2 aliphatic heterocycles. The molecule has 1 unspecified atom stereocenters. The number of nitrogens with zero attached hydrogens (tertiary/aromatic N) is 3. The van der Waals surface area contributed by atoms with Gasteiger partial charge in [0.25, 0.3) is 0 Å². The zero-order valence-electron chi connectivity index (χ0n) is 22.2. The van der Waals surface area contributed by atoms with Crippen molar-refractivity contribution in [2.24, 2.45) is 5.92 Å². The number of hydrogen-bond acceptors (Lipinski definition) is 8. The van der Waals surface area contributed by atoms with Gasteiger partial charge in [-0.3, -0.25) is 14.6 Å². The Morgan fingerprint density at radius 3 is 2.44 bits per heavy atom. The summed E-state index contributed by atoms with van der Waals surface area (Å²) in [5.41, 5.74) is 2.37.